The van der Waals surface area contributed by atoms with Gasteiger partial charge in [-0.05, 0) is 43.7 Å². The van der Waals surface area contributed by atoms with Crippen LogP contribution < -0.4 is 0 Å². The maximum Gasteiger partial charge on any atom is 0.323 e. The average Bonchev–Trinajstić information content (AvgIpc) is 2.60. The Morgan fingerprint density at radius 3 is 2.20 bits per heavy atom. The first-order valence-electron chi connectivity index (χ1n) is 7.66. The highest BCUT2D eigenvalue weighted by molar-refractivity contribution is 9.10. The lowest BCUT2D eigenvalue weighted by molar-refractivity contribution is -0.144. The Labute approximate surface area is 156 Å². The van der Waals surface area contributed by atoms with Gasteiger partial charge in [0, 0.05) is 11.0 Å². The number of esters is 1. The summed E-state index contributed by atoms with van der Waals surface area (Å²) in [5, 5.41) is 0. The van der Waals surface area contributed by atoms with E-state index in [1.165, 1.54) is 14.0 Å². The maximum atomic E-state index is 13.1. The zero-order valence-corrected chi connectivity index (χ0v) is 16.7. The molecule has 0 bridgehead atoms. The number of carbonyl (C=O) groups excluding carboxylic acids is 1. The molecule has 0 N–H and O–H groups in total. The lowest BCUT2D eigenvalue weighted by Crippen LogP contribution is -2.43. The molecule has 2 aromatic rings. The molecule has 0 radical (unpaired) electrons. The van der Waals surface area contributed by atoms with Gasteiger partial charge in [0.25, 0.3) is 0 Å². The van der Waals surface area contributed by atoms with Crippen LogP contribution in [0.1, 0.15) is 18.1 Å². The predicted octanol–water partition coefficient (Wildman–Crippen LogP) is 3.51. The van der Waals surface area contributed by atoms with Crippen LogP contribution in [-0.4, -0.2) is 31.8 Å². The molecule has 5 nitrogen and oxygen atoms in total. The highest BCUT2D eigenvalue weighted by Gasteiger charge is 2.33. The van der Waals surface area contributed by atoms with E-state index in [0.29, 0.717) is 0 Å². The van der Waals surface area contributed by atoms with Crippen LogP contribution in [0.3, 0.4) is 0 Å². The Morgan fingerprint density at radius 1 is 1.12 bits per heavy atom. The van der Waals surface area contributed by atoms with Crippen LogP contribution in [0.25, 0.3) is 0 Å². The molecule has 0 amide bonds. The van der Waals surface area contributed by atoms with Crippen molar-refractivity contribution in [2.75, 3.05) is 7.11 Å². The van der Waals surface area contributed by atoms with Gasteiger partial charge in [-0.1, -0.05) is 45.8 Å². The van der Waals surface area contributed by atoms with Crippen molar-refractivity contribution in [2.24, 2.45) is 0 Å². The van der Waals surface area contributed by atoms with Gasteiger partial charge in [0.2, 0.25) is 10.0 Å². The Hall–Kier alpha value is -1.70. The molecule has 0 aromatic heterocycles. The molecule has 2 aromatic carbocycles. The highest BCUT2D eigenvalue weighted by atomic mass is 79.9. The smallest absolute Gasteiger partial charge is 0.323 e. The third-order valence-electron chi connectivity index (χ3n) is 3.85. The molecule has 0 spiro atoms. The minimum Gasteiger partial charge on any atom is -0.468 e. The Kier molecular flexibility index (Phi) is 6.37. The number of rotatable bonds is 6. The summed E-state index contributed by atoms with van der Waals surface area (Å²) >= 11 is 3.35. The summed E-state index contributed by atoms with van der Waals surface area (Å²) in [6.07, 6.45) is 0. The number of halogens is 1. The number of benzene rings is 2. The number of aryl methyl sites for hydroxylation is 1. The molecule has 0 aliphatic heterocycles. The molecule has 0 saturated carbocycles. The summed E-state index contributed by atoms with van der Waals surface area (Å²) in [4.78, 5) is 12.1. The second-order valence-electron chi connectivity index (χ2n) is 5.69. The number of carbonyl (C=O) groups is 1. The number of ether oxygens (including phenoxy) is 1. The van der Waals surface area contributed by atoms with E-state index in [1.807, 2.05) is 31.2 Å². The van der Waals surface area contributed by atoms with Crippen molar-refractivity contribution in [2.45, 2.75) is 31.3 Å². The Bertz CT molecular complexity index is 832. The van der Waals surface area contributed by atoms with Crippen molar-refractivity contribution in [1.29, 1.82) is 0 Å². The summed E-state index contributed by atoms with van der Waals surface area (Å²) in [6.45, 7) is 3.48. The van der Waals surface area contributed by atoms with Crippen LogP contribution in [0.15, 0.2) is 57.9 Å². The third-order valence-corrected chi connectivity index (χ3v) is 6.31. The number of hydrogen-bond acceptors (Lipinski definition) is 4. The first kappa shape index (κ1) is 19.6. The van der Waals surface area contributed by atoms with Gasteiger partial charge in [0.15, 0.2) is 0 Å². The van der Waals surface area contributed by atoms with Crippen LogP contribution >= 0.6 is 15.9 Å². The number of methoxy groups -OCH3 is 1. The molecule has 134 valence electrons. The molecule has 2 rings (SSSR count). The van der Waals surface area contributed by atoms with Gasteiger partial charge in [-0.3, -0.25) is 4.79 Å². The van der Waals surface area contributed by atoms with Crippen molar-refractivity contribution >= 4 is 31.9 Å². The topological polar surface area (TPSA) is 63.7 Å². The average molecular weight is 426 g/mol. The molecule has 1 atom stereocenters. The fraction of sp³-hybridized carbons (Fsp3) is 0.278. The van der Waals surface area contributed by atoms with Crippen molar-refractivity contribution in [3.8, 4) is 0 Å². The second kappa shape index (κ2) is 8.12. The zero-order chi connectivity index (χ0) is 18.6. The minimum absolute atomic E-state index is 0.0692. The quantitative estimate of drug-likeness (QED) is 0.664. The molecule has 0 aliphatic rings. The van der Waals surface area contributed by atoms with E-state index in [9.17, 15) is 13.2 Å². The monoisotopic (exact) mass is 425 g/mol. The SMILES string of the molecule is COC(=O)[C@H](C)N(Cc1ccc(Br)cc1)S(=O)(=O)c1ccc(C)cc1. The van der Waals surface area contributed by atoms with Crippen LogP contribution in [0, 0.1) is 6.92 Å². The summed E-state index contributed by atoms with van der Waals surface area (Å²) in [7, 11) is -2.61. The Balaban J connectivity index is 2.44. The molecule has 7 heteroatoms. The summed E-state index contributed by atoms with van der Waals surface area (Å²) in [5.41, 5.74) is 1.73. The Morgan fingerprint density at radius 2 is 1.68 bits per heavy atom. The zero-order valence-electron chi connectivity index (χ0n) is 14.3. The van der Waals surface area contributed by atoms with Crippen molar-refractivity contribution in [1.82, 2.24) is 4.31 Å². The normalized spacial score (nSPS) is 12.8. The van der Waals surface area contributed by atoms with Gasteiger partial charge in [-0.2, -0.15) is 4.31 Å². The molecular formula is C18H20BrNO4S. The summed E-state index contributed by atoms with van der Waals surface area (Å²) in [6, 6.07) is 12.9. The minimum atomic E-state index is -3.86. The van der Waals surface area contributed by atoms with Crippen LogP contribution in [0.5, 0.6) is 0 Å². The molecule has 0 unspecified atom stereocenters. The summed E-state index contributed by atoms with van der Waals surface area (Å²) < 4.78 is 33.0. The molecule has 25 heavy (non-hydrogen) atoms. The van der Waals surface area contributed by atoms with E-state index in [1.54, 1.807) is 24.3 Å². The first-order valence-corrected chi connectivity index (χ1v) is 9.90. The van der Waals surface area contributed by atoms with E-state index in [0.717, 1.165) is 19.9 Å². The van der Waals surface area contributed by atoms with Crippen molar-refractivity contribution < 1.29 is 17.9 Å². The lowest BCUT2D eigenvalue weighted by Gasteiger charge is -2.27. The molecule has 0 aliphatic carbocycles. The van der Waals surface area contributed by atoms with Gasteiger partial charge >= 0.3 is 5.97 Å². The number of hydrogen-bond donors (Lipinski definition) is 0. The number of sulfonamides is 1. The van der Waals surface area contributed by atoms with E-state index in [2.05, 4.69) is 15.9 Å². The second-order valence-corrected chi connectivity index (χ2v) is 8.50. The maximum absolute atomic E-state index is 13.1. The lowest BCUT2D eigenvalue weighted by atomic mass is 10.2. The fourth-order valence-corrected chi connectivity index (χ4v) is 4.17. The predicted molar refractivity (Wildman–Crippen MR) is 99.5 cm³/mol. The van der Waals surface area contributed by atoms with E-state index in [-0.39, 0.29) is 11.4 Å². The highest BCUT2D eigenvalue weighted by Crippen LogP contribution is 2.23. The van der Waals surface area contributed by atoms with Crippen LogP contribution in [-0.2, 0) is 26.1 Å². The summed E-state index contributed by atoms with van der Waals surface area (Å²) in [5.74, 6) is -0.604. The van der Waals surface area contributed by atoms with Gasteiger partial charge < -0.3 is 4.74 Å². The van der Waals surface area contributed by atoms with E-state index in [4.69, 9.17) is 4.74 Å². The van der Waals surface area contributed by atoms with E-state index >= 15 is 0 Å². The van der Waals surface area contributed by atoms with Crippen molar-refractivity contribution in [3.05, 3.63) is 64.1 Å². The largest absolute Gasteiger partial charge is 0.468 e. The molecule has 0 heterocycles. The first-order chi connectivity index (χ1) is 11.8. The third kappa shape index (κ3) is 4.68. The van der Waals surface area contributed by atoms with Gasteiger partial charge in [-0.15, -0.1) is 0 Å². The van der Waals surface area contributed by atoms with E-state index < -0.39 is 22.0 Å². The fourth-order valence-electron chi connectivity index (χ4n) is 2.33. The van der Waals surface area contributed by atoms with Crippen LogP contribution in [0.4, 0.5) is 0 Å². The van der Waals surface area contributed by atoms with Crippen molar-refractivity contribution in [3.63, 3.8) is 0 Å². The molecule has 0 saturated heterocycles. The number of nitrogens with zero attached hydrogens (tertiary/aromatic N) is 1. The standard InChI is InChI=1S/C18H20BrNO4S/c1-13-4-10-17(11-5-13)25(22,23)20(14(2)18(21)24-3)12-15-6-8-16(19)9-7-15/h4-11,14H,12H2,1-3H3/t14-/m0/s1. The molecular weight excluding hydrogens is 406 g/mol. The van der Waals surface area contributed by atoms with Gasteiger partial charge in [-0.25, -0.2) is 8.42 Å². The van der Waals surface area contributed by atoms with Gasteiger partial charge in [0.1, 0.15) is 6.04 Å². The molecule has 0 fully saturated rings. The van der Waals surface area contributed by atoms with Gasteiger partial charge in [0.05, 0.1) is 12.0 Å². The van der Waals surface area contributed by atoms with Crippen LogP contribution in [0.2, 0.25) is 0 Å².